The van der Waals surface area contributed by atoms with Gasteiger partial charge in [-0.1, -0.05) is 24.3 Å². The fraction of sp³-hybridized carbons (Fsp3) is 0.370. The van der Waals surface area contributed by atoms with E-state index in [0.717, 1.165) is 4.57 Å². The van der Waals surface area contributed by atoms with Gasteiger partial charge in [0.2, 0.25) is 17.6 Å². The van der Waals surface area contributed by atoms with Crippen molar-refractivity contribution in [2.75, 3.05) is 0 Å². The number of imide groups is 1. The maximum absolute atomic E-state index is 15.3. The number of alkyl carbamates (subject to hydrolysis) is 1. The molecule has 0 bridgehead atoms. The second-order valence-electron chi connectivity index (χ2n) is 10.3. The molecule has 4 amide bonds. The predicted molar refractivity (Wildman–Crippen MR) is 133 cm³/mol. The molecule has 214 valence electrons. The monoisotopic (exact) mass is 573 g/mol. The molecule has 41 heavy (non-hydrogen) atoms. The van der Waals surface area contributed by atoms with Crippen LogP contribution in [0.25, 0.3) is 11.0 Å². The summed E-state index contributed by atoms with van der Waals surface area (Å²) in [6.07, 6.45) is -5.66. The molecular weight excluding hydrogens is 550 g/mol. The number of aromatic nitrogens is 2. The van der Waals surface area contributed by atoms with E-state index in [-0.39, 0.29) is 55.4 Å². The Morgan fingerprint density at radius 3 is 2.61 bits per heavy atom. The zero-order valence-electron chi connectivity index (χ0n) is 21.3. The minimum atomic E-state index is -4.65. The van der Waals surface area contributed by atoms with Gasteiger partial charge in [-0.3, -0.25) is 19.7 Å². The summed E-state index contributed by atoms with van der Waals surface area (Å²) in [5, 5.41) is 4.60. The summed E-state index contributed by atoms with van der Waals surface area (Å²) in [6, 6.07) is 7.78. The summed E-state index contributed by atoms with van der Waals surface area (Å²) in [5.74, 6) is -3.56. The molecule has 0 radical (unpaired) electrons. The molecule has 0 unspecified atom stereocenters. The van der Waals surface area contributed by atoms with Crippen molar-refractivity contribution in [3.05, 3.63) is 64.7 Å². The molecule has 2 N–H and O–H groups in total. The fourth-order valence-electron chi connectivity index (χ4n) is 5.61. The third-order valence-corrected chi connectivity index (χ3v) is 7.69. The number of rotatable bonds is 5. The van der Waals surface area contributed by atoms with Crippen molar-refractivity contribution in [2.45, 2.75) is 63.1 Å². The first-order valence-electron chi connectivity index (χ1n) is 12.9. The Hall–Kier alpha value is -4.49. The molecule has 6 rings (SSSR count). The van der Waals surface area contributed by atoms with E-state index in [1.807, 2.05) is 0 Å². The zero-order chi connectivity index (χ0) is 29.1. The van der Waals surface area contributed by atoms with Gasteiger partial charge in [0.25, 0.3) is 5.91 Å². The second-order valence-corrected chi connectivity index (χ2v) is 10.3. The van der Waals surface area contributed by atoms with Gasteiger partial charge in [0.15, 0.2) is 0 Å². The van der Waals surface area contributed by atoms with Crippen molar-refractivity contribution in [3.63, 3.8) is 0 Å². The number of alkyl halides is 3. The Bertz CT molecular complexity index is 1600. The van der Waals surface area contributed by atoms with Gasteiger partial charge < -0.3 is 19.5 Å². The summed E-state index contributed by atoms with van der Waals surface area (Å²) in [6.45, 7) is -0.289. The van der Waals surface area contributed by atoms with Crippen LogP contribution < -0.4 is 10.6 Å². The molecule has 1 saturated heterocycles. The van der Waals surface area contributed by atoms with Crippen molar-refractivity contribution in [1.29, 1.82) is 0 Å². The maximum Gasteiger partial charge on any atom is 0.449 e. The number of carbonyl (C=O) groups excluding carboxylic acids is 4. The predicted octanol–water partition coefficient (Wildman–Crippen LogP) is 3.59. The van der Waals surface area contributed by atoms with Gasteiger partial charge >= 0.3 is 12.3 Å². The van der Waals surface area contributed by atoms with Gasteiger partial charge in [-0.2, -0.15) is 13.2 Å². The lowest BCUT2D eigenvalue weighted by Crippen LogP contribution is -2.52. The molecule has 2 aromatic carbocycles. The molecule has 3 aromatic rings. The van der Waals surface area contributed by atoms with E-state index in [1.165, 1.54) is 23.1 Å². The Morgan fingerprint density at radius 1 is 1.12 bits per heavy atom. The quantitative estimate of drug-likeness (QED) is 0.356. The van der Waals surface area contributed by atoms with Gasteiger partial charge in [0, 0.05) is 44.0 Å². The highest BCUT2D eigenvalue weighted by atomic mass is 19.4. The highest BCUT2D eigenvalue weighted by Crippen LogP contribution is 2.41. The fourth-order valence-corrected chi connectivity index (χ4v) is 5.61. The van der Waals surface area contributed by atoms with E-state index in [2.05, 4.69) is 15.6 Å². The van der Waals surface area contributed by atoms with Crippen molar-refractivity contribution < 1.29 is 41.5 Å². The van der Waals surface area contributed by atoms with Crippen LogP contribution >= 0.6 is 0 Å². The van der Waals surface area contributed by atoms with Crippen LogP contribution in [0.15, 0.2) is 36.4 Å². The number of amides is 4. The van der Waals surface area contributed by atoms with Gasteiger partial charge in [-0.15, -0.1) is 0 Å². The highest BCUT2D eigenvalue weighted by molar-refractivity contribution is 6.05. The first-order chi connectivity index (χ1) is 19.5. The lowest BCUT2D eigenvalue weighted by atomic mass is 9.88. The maximum atomic E-state index is 15.3. The molecule has 1 aromatic heterocycles. The minimum Gasteiger partial charge on any atom is -0.446 e. The van der Waals surface area contributed by atoms with Crippen LogP contribution in [0, 0.1) is 5.82 Å². The molecular formula is C27H23F4N5O5. The Kier molecular flexibility index (Phi) is 6.42. The Labute approximate surface area is 229 Å². The van der Waals surface area contributed by atoms with Crippen LogP contribution in [-0.2, 0) is 33.6 Å². The summed E-state index contributed by atoms with van der Waals surface area (Å²) < 4.78 is 62.5. The van der Waals surface area contributed by atoms with E-state index >= 15 is 4.39 Å². The minimum absolute atomic E-state index is 0.0121. The van der Waals surface area contributed by atoms with Crippen molar-refractivity contribution >= 4 is 34.8 Å². The standard InChI is InChI=1S/C27H23F4N5O5/c28-22-13(5-6-14-12-35(24(39)21(14)22)19-7-8-20(37)34-23(19)38)11-32-26(40)41-16-9-15(10-16)36-18-4-2-1-3-17(18)33-25(36)27(29,30)31/h1-6,15-16,19H,7-12H2,(H,32,40)(H,34,37,38)/t15?,16?,19-/m1/s1. The number of halogens is 4. The summed E-state index contributed by atoms with van der Waals surface area (Å²) in [4.78, 5) is 53.9. The lowest BCUT2D eigenvalue weighted by molar-refractivity contribution is -0.149. The number of fused-ring (bicyclic) bond motifs is 2. The number of nitrogens with zero attached hydrogens (tertiary/aromatic N) is 3. The van der Waals surface area contributed by atoms with Crippen LogP contribution in [0.4, 0.5) is 22.4 Å². The van der Waals surface area contributed by atoms with Gasteiger partial charge in [0.05, 0.1) is 16.6 Å². The third kappa shape index (κ3) is 4.76. The number of hydrogen-bond acceptors (Lipinski definition) is 6. The highest BCUT2D eigenvalue weighted by Gasteiger charge is 2.44. The van der Waals surface area contributed by atoms with E-state index in [0.29, 0.717) is 11.1 Å². The van der Waals surface area contributed by atoms with E-state index < -0.39 is 59.8 Å². The van der Waals surface area contributed by atoms with Crippen molar-refractivity contribution in [2.24, 2.45) is 0 Å². The average molecular weight is 574 g/mol. The van der Waals surface area contributed by atoms with Crippen LogP contribution in [-0.4, -0.2) is 50.4 Å². The largest absolute Gasteiger partial charge is 0.449 e. The number of ether oxygens (including phenoxy) is 1. The van der Waals surface area contributed by atoms with Crippen LogP contribution in [0.1, 0.15) is 59.0 Å². The molecule has 2 fully saturated rings. The van der Waals surface area contributed by atoms with Gasteiger partial charge in [0.1, 0.15) is 18.0 Å². The lowest BCUT2D eigenvalue weighted by Gasteiger charge is -2.36. The topological polar surface area (TPSA) is 123 Å². The summed E-state index contributed by atoms with van der Waals surface area (Å²) >= 11 is 0. The summed E-state index contributed by atoms with van der Waals surface area (Å²) in [7, 11) is 0. The van der Waals surface area contributed by atoms with E-state index in [9.17, 15) is 32.3 Å². The molecule has 1 aliphatic carbocycles. The average Bonchev–Trinajstić information content (AvgIpc) is 3.44. The first-order valence-corrected chi connectivity index (χ1v) is 12.9. The number of imidazole rings is 1. The molecule has 10 nitrogen and oxygen atoms in total. The van der Waals surface area contributed by atoms with E-state index in [1.54, 1.807) is 18.2 Å². The number of benzene rings is 2. The molecule has 0 spiro atoms. The smallest absolute Gasteiger partial charge is 0.446 e. The van der Waals surface area contributed by atoms with Crippen molar-refractivity contribution in [3.8, 4) is 0 Å². The molecule has 1 atom stereocenters. The van der Waals surface area contributed by atoms with E-state index in [4.69, 9.17) is 4.74 Å². The molecule has 3 heterocycles. The molecule has 3 aliphatic rings. The second kappa shape index (κ2) is 9.85. The Morgan fingerprint density at radius 2 is 1.88 bits per heavy atom. The van der Waals surface area contributed by atoms with Gasteiger partial charge in [-0.25, -0.2) is 14.2 Å². The molecule has 14 heteroatoms. The number of para-hydroxylation sites is 2. The molecule has 1 saturated carbocycles. The number of hydrogen-bond donors (Lipinski definition) is 2. The third-order valence-electron chi connectivity index (χ3n) is 7.69. The number of carbonyl (C=O) groups is 4. The van der Waals surface area contributed by atoms with Crippen LogP contribution in [0.3, 0.4) is 0 Å². The zero-order valence-corrected chi connectivity index (χ0v) is 21.3. The van der Waals surface area contributed by atoms with Crippen LogP contribution in [0.2, 0.25) is 0 Å². The number of piperidine rings is 1. The number of nitrogens with one attached hydrogen (secondary N) is 2. The first kappa shape index (κ1) is 26.7. The summed E-state index contributed by atoms with van der Waals surface area (Å²) in [5.41, 5.74) is 0.763. The Balaban J connectivity index is 1.06. The normalized spacial score (nSPS) is 22.4. The SMILES string of the molecule is O=C1CC[C@@H](N2Cc3ccc(CNC(=O)OC4CC(n5c(C(F)(F)F)nc6ccccc65)C4)c(F)c3C2=O)C(=O)N1. The molecule has 2 aliphatic heterocycles. The van der Waals surface area contributed by atoms with Crippen LogP contribution in [0.5, 0.6) is 0 Å². The van der Waals surface area contributed by atoms with Gasteiger partial charge in [-0.05, 0) is 24.1 Å². The van der Waals surface area contributed by atoms with Crippen molar-refractivity contribution in [1.82, 2.24) is 25.1 Å².